The van der Waals surface area contributed by atoms with Crippen molar-refractivity contribution < 1.29 is 14.3 Å². The number of nitrogens with one attached hydrogen (secondary N) is 1. The molecule has 5 heteroatoms. The fraction of sp³-hybridized carbons (Fsp3) is 0.391. The normalized spacial score (nSPS) is 14.6. The minimum absolute atomic E-state index is 0.0540. The van der Waals surface area contributed by atoms with Crippen molar-refractivity contribution in [3.63, 3.8) is 0 Å². The highest BCUT2D eigenvalue weighted by molar-refractivity contribution is 5.97. The van der Waals surface area contributed by atoms with Gasteiger partial charge in [-0.2, -0.15) is 0 Å². The summed E-state index contributed by atoms with van der Waals surface area (Å²) < 4.78 is 5.14. The molecule has 1 N–H and O–H groups in total. The highest BCUT2D eigenvalue weighted by atomic mass is 16.5. The highest BCUT2D eigenvalue weighted by Gasteiger charge is 2.21. The lowest BCUT2D eigenvalue weighted by Crippen LogP contribution is -2.37. The van der Waals surface area contributed by atoms with E-state index in [9.17, 15) is 9.59 Å². The van der Waals surface area contributed by atoms with E-state index in [-0.39, 0.29) is 11.8 Å². The molecule has 0 bridgehead atoms. The Morgan fingerprint density at radius 1 is 1.00 bits per heavy atom. The lowest BCUT2D eigenvalue weighted by atomic mass is 9.98. The van der Waals surface area contributed by atoms with Gasteiger partial charge in [0.05, 0.1) is 7.11 Å². The predicted octanol–water partition coefficient (Wildman–Crippen LogP) is 3.54. The third-order valence-electron chi connectivity index (χ3n) is 5.32. The summed E-state index contributed by atoms with van der Waals surface area (Å²) in [6, 6.07) is 14.8. The molecule has 5 nitrogen and oxygen atoms in total. The van der Waals surface area contributed by atoms with Crippen LogP contribution >= 0.6 is 0 Å². The summed E-state index contributed by atoms with van der Waals surface area (Å²) in [5.74, 6) is 1.44. The molecule has 1 heterocycles. The maximum Gasteiger partial charge on any atom is 0.253 e. The molecule has 28 heavy (non-hydrogen) atoms. The van der Waals surface area contributed by atoms with Crippen LogP contribution in [-0.2, 0) is 6.42 Å². The molecule has 0 aliphatic carbocycles. The van der Waals surface area contributed by atoms with Gasteiger partial charge >= 0.3 is 0 Å². The Morgan fingerprint density at radius 2 is 1.61 bits per heavy atom. The van der Waals surface area contributed by atoms with Crippen molar-refractivity contribution in [3.8, 4) is 5.75 Å². The molecule has 148 valence electrons. The second kappa shape index (κ2) is 9.40. The number of hydrogen-bond acceptors (Lipinski definition) is 3. The maximum absolute atomic E-state index is 12.6. The van der Waals surface area contributed by atoms with E-state index in [2.05, 4.69) is 12.2 Å². The minimum Gasteiger partial charge on any atom is -0.497 e. The van der Waals surface area contributed by atoms with Crippen molar-refractivity contribution in [2.75, 3.05) is 26.7 Å². The van der Waals surface area contributed by atoms with Crippen molar-refractivity contribution in [3.05, 3.63) is 65.2 Å². The number of hydrogen-bond donors (Lipinski definition) is 1. The Bertz CT molecular complexity index is 792. The summed E-state index contributed by atoms with van der Waals surface area (Å²) in [6.45, 7) is 4.41. The van der Waals surface area contributed by atoms with Crippen LogP contribution in [0.5, 0.6) is 5.75 Å². The Labute approximate surface area is 166 Å². The van der Waals surface area contributed by atoms with Crippen LogP contribution < -0.4 is 10.1 Å². The Morgan fingerprint density at radius 3 is 2.21 bits per heavy atom. The monoisotopic (exact) mass is 380 g/mol. The average Bonchev–Trinajstić information content (AvgIpc) is 2.74. The Kier molecular flexibility index (Phi) is 6.69. The number of piperidine rings is 1. The van der Waals surface area contributed by atoms with Gasteiger partial charge in [0.25, 0.3) is 11.8 Å². The minimum atomic E-state index is -0.126. The van der Waals surface area contributed by atoms with E-state index < -0.39 is 0 Å². The van der Waals surface area contributed by atoms with Gasteiger partial charge in [0.1, 0.15) is 5.75 Å². The van der Waals surface area contributed by atoms with Gasteiger partial charge in [-0.25, -0.2) is 0 Å². The van der Waals surface area contributed by atoms with Crippen LogP contribution in [0.2, 0.25) is 0 Å². The number of rotatable bonds is 6. The molecular formula is C23H28N2O3. The molecule has 0 unspecified atom stereocenters. The number of ether oxygens (including phenoxy) is 1. The zero-order valence-electron chi connectivity index (χ0n) is 16.6. The summed E-state index contributed by atoms with van der Waals surface area (Å²) in [4.78, 5) is 26.8. The third kappa shape index (κ3) is 5.12. The molecule has 1 aliphatic rings. The van der Waals surface area contributed by atoms with Gasteiger partial charge in [-0.15, -0.1) is 0 Å². The van der Waals surface area contributed by atoms with Crippen LogP contribution in [-0.4, -0.2) is 43.5 Å². The molecule has 3 rings (SSSR count). The summed E-state index contributed by atoms with van der Waals surface area (Å²) in [6.07, 6.45) is 2.86. The number of carbonyl (C=O) groups is 2. The first-order chi connectivity index (χ1) is 13.6. The SMILES string of the molecule is COc1ccc(CCNC(=O)c2ccc(C(=O)N3CCC(C)CC3)cc2)cc1. The Balaban J connectivity index is 1.49. The second-order valence-electron chi connectivity index (χ2n) is 7.41. The number of carbonyl (C=O) groups excluding carboxylic acids is 2. The van der Waals surface area contributed by atoms with Crippen LogP contribution in [0.4, 0.5) is 0 Å². The van der Waals surface area contributed by atoms with Gasteiger partial charge in [-0.3, -0.25) is 9.59 Å². The van der Waals surface area contributed by atoms with Gasteiger partial charge in [-0.1, -0.05) is 19.1 Å². The van der Waals surface area contributed by atoms with E-state index in [1.54, 1.807) is 31.4 Å². The smallest absolute Gasteiger partial charge is 0.253 e. The molecule has 0 aromatic heterocycles. The second-order valence-corrected chi connectivity index (χ2v) is 7.41. The standard InChI is InChI=1S/C23H28N2O3/c1-17-12-15-25(16-13-17)23(27)20-7-5-19(6-8-20)22(26)24-14-11-18-3-9-21(28-2)10-4-18/h3-10,17H,11-16H2,1-2H3,(H,24,26). The van der Waals surface area contributed by atoms with Crippen LogP contribution in [0.15, 0.2) is 48.5 Å². The first-order valence-electron chi connectivity index (χ1n) is 9.87. The molecule has 2 amide bonds. The quantitative estimate of drug-likeness (QED) is 0.834. The van der Waals surface area contributed by atoms with Crippen molar-refractivity contribution in [2.24, 2.45) is 5.92 Å². The molecule has 0 saturated carbocycles. The highest BCUT2D eigenvalue weighted by Crippen LogP contribution is 2.18. The van der Waals surface area contributed by atoms with E-state index in [0.717, 1.165) is 43.7 Å². The van der Waals surface area contributed by atoms with E-state index in [4.69, 9.17) is 4.74 Å². The van der Waals surface area contributed by atoms with Gasteiger partial charge in [0.15, 0.2) is 0 Å². The topological polar surface area (TPSA) is 58.6 Å². The van der Waals surface area contributed by atoms with Crippen molar-refractivity contribution in [1.82, 2.24) is 10.2 Å². The fourth-order valence-corrected chi connectivity index (χ4v) is 3.37. The van der Waals surface area contributed by atoms with Gasteiger partial charge in [0, 0.05) is 30.8 Å². The van der Waals surface area contributed by atoms with Gasteiger partial charge < -0.3 is 15.0 Å². The van der Waals surface area contributed by atoms with Crippen molar-refractivity contribution in [2.45, 2.75) is 26.2 Å². The summed E-state index contributed by atoms with van der Waals surface area (Å²) in [5.41, 5.74) is 2.35. The van der Waals surface area contributed by atoms with E-state index in [1.807, 2.05) is 29.2 Å². The molecule has 2 aromatic carbocycles. The molecule has 0 radical (unpaired) electrons. The van der Waals surface area contributed by atoms with Crippen molar-refractivity contribution in [1.29, 1.82) is 0 Å². The number of amides is 2. The maximum atomic E-state index is 12.6. The number of methoxy groups -OCH3 is 1. The molecular weight excluding hydrogens is 352 g/mol. The summed E-state index contributed by atoms with van der Waals surface area (Å²) in [5, 5.41) is 2.93. The number of benzene rings is 2. The number of nitrogens with zero attached hydrogens (tertiary/aromatic N) is 1. The van der Waals surface area contributed by atoms with E-state index >= 15 is 0 Å². The van der Waals surface area contributed by atoms with Gasteiger partial charge in [-0.05, 0) is 67.1 Å². The zero-order chi connectivity index (χ0) is 19.9. The van der Waals surface area contributed by atoms with Crippen LogP contribution in [0.1, 0.15) is 46.0 Å². The van der Waals surface area contributed by atoms with Crippen LogP contribution in [0.25, 0.3) is 0 Å². The first-order valence-corrected chi connectivity index (χ1v) is 9.87. The molecule has 1 fully saturated rings. The molecule has 2 aromatic rings. The molecule has 0 spiro atoms. The predicted molar refractivity (Wildman–Crippen MR) is 110 cm³/mol. The fourth-order valence-electron chi connectivity index (χ4n) is 3.37. The number of likely N-dealkylation sites (tertiary alicyclic amines) is 1. The summed E-state index contributed by atoms with van der Waals surface area (Å²) in [7, 11) is 1.64. The van der Waals surface area contributed by atoms with Crippen LogP contribution in [0.3, 0.4) is 0 Å². The summed E-state index contributed by atoms with van der Waals surface area (Å²) >= 11 is 0. The molecule has 1 saturated heterocycles. The van der Waals surface area contributed by atoms with Gasteiger partial charge in [0.2, 0.25) is 0 Å². The van der Waals surface area contributed by atoms with E-state index in [0.29, 0.717) is 23.6 Å². The van der Waals surface area contributed by atoms with E-state index in [1.165, 1.54) is 0 Å². The Hall–Kier alpha value is -2.82. The first kappa shape index (κ1) is 19.9. The third-order valence-corrected chi connectivity index (χ3v) is 5.32. The average molecular weight is 380 g/mol. The zero-order valence-corrected chi connectivity index (χ0v) is 16.6. The largest absolute Gasteiger partial charge is 0.497 e. The van der Waals surface area contributed by atoms with Crippen LogP contribution in [0, 0.1) is 5.92 Å². The molecule has 0 atom stereocenters. The lowest BCUT2D eigenvalue weighted by molar-refractivity contribution is 0.0696. The van der Waals surface area contributed by atoms with Crippen molar-refractivity contribution >= 4 is 11.8 Å². The molecule has 1 aliphatic heterocycles. The lowest BCUT2D eigenvalue weighted by Gasteiger charge is -2.30.